The Bertz CT molecular complexity index is 991. The van der Waals surface area contributed by atoms with Crippen LogP contribution in [0.2, 0.25) is 0 Å². The predicted molar refractivity (Wildman–Crippen MR) is 112 cm³/mol. The third-order valence-electron chi connectivity index (χ3n) is 6.73. The standard InChI is InChI=1S/C23H24N2OS/c1-2-4-18-13-19(6-5-17(18)3-1)21-7-8-22(27-21)25-15-23(26-16-25)14-24-11-9-20(23)10-12-24/h1-8,13,20H,9-12,14-16H2/t23-/m1/s1. The topological polar surface area (TPSA) is 15.7 Å². The van der Waals surface area contributed by atoms with E-state index in [-0.39, 0.29) is 5.60 Å². The minimum absolute atomic E-state index is 0.0730. The van der Waals surface area contributed by atoms with Crippen molar-refractivity contribution in [3.63, 3.8) is 0 Å². The second kappa shape index (κ2) is 6.06. The lowest BCUT2D eigenvalue weighted by Crippen LogP contribution is -2.60. The van der Waals surface area contributed by atoms with Crippen LogP contribution in [-0.4, -0.2) is 43.4 Å². The monoisotopic (exact) mass is 376 g/mol. The number of piperidine rings is 3. The zero-order valence-electron chi connectivity index (χ0n) is 15.4. The van der Waals surface area contributed by atoms with Crippen LogP contribution in [0.4, 0.5) is 5.00 Å². The molecule has 5 heterocycles. The van der Waals surface area contributed by atoms with Crippen LogP contribution in [0, 0.1) is 5.92 Å². The Kier molecular flexibility index (Phi) is 3.62. The van der Waals surface area contributed by atoms with Gasteiger partial charge >= 0.3 is 0 Å². The summed E-state index contributed by atoms with van der Waals surface area (Å²) in [6.45, 7) is 5.44. The maximum Gasteiger partial charge on any atom is 0.120 e. The molecular weight excluding hydrogens is 352 g/mol. The molecule has 3 nitrogen and oxygen atoms in total. The Labute approximate surface area is 164 Å². The fraction of sp³-hybridized carbons (Fsp3) is 0.391. The highest BCUT2D eigenvalue weighted by Crippen LogP contribution is 2.44. The molecule has 4 heteroatoms. The van der Waals surface area contributed by atoms with Crippen molar-refractivity contribution in [1.82, 2.24) is 4.90 Å². The first-order chi connectivity index (χ1) is 13.3. The van der Waals surface area contributed by atoms with Crippen molar-refractivity contribution in [2.75, 3.05) is 37.8 Å². The van der Waals surface area contributed by atoms with Crippen LogP contribution in [0.15, 0.2) is 54.6 Å². The normalized spacial score (nSPS) is 29.9. The van der Waals surface area contributed by atoms with E-state index in [0.717, 1.165) is 25.7 Å². The van der Waals surface area contributed by atoms with Gasteiger partial charge in [-0.25, -0.2) is 0 Å². The van der Waals surface area contributed by atoms with Crippen molar-refractivity contribution >= 4 is 27.1 Å². The lowest BCUT2D eigenvalue weighted by Gasteiger charge is -2.50. The molecule has 7 rings (SSSR count). The van der Waals surface area contributed by atoms with E-state index in [1.54, 1.807) is 0 Å². The minimum atomic E-state index is 0.0730. The summed E-state index contributed by atoms with van der Waals surface area (Å²) < 4.78 is 6.45. The molecule has 4 aliphatic heterocycles. The fourth-order valence-corrected chi connectivity index (χ4v) is 6.21. The molecule has 1 aromatic heterocycles. The molecule has 4 fully saturated rings. The van der Waals surface area contributed by atoms with E-state index in [4.69, 9.17) is 4.74 Å². The summed E-state index contributed by atoms with van der Waals surface area (Å²) in [4.78, 5) is 6.39. The van der Waals surface area contributed by atoms with Gasteiger partial charge in [-0.05, 0) is 66.4 Å². The van der Waals surface area contributed by atoms with E-state index in [2.05, 4.69) is 64.4 Å². The van der Waals surface area contributed by atoms with Gasteiger partial charge in [0, 0.05) is 11.4 Å². The minimum Gasteiger partial charge on any atom is -0.351 e. The van der Waals surface area contributed by atoms with Crippen LogP contribution in [-0.2, 0) is 4.74 Å². The number of fused-ring (bicyclic) bond motifs is 3. The second-order valence-corrected chi connectivity index (χ2v) is 9.35. The number of hydrogen-bond acceptors (Lipinski definition) is 4. The Balaban J connectivity index is 1.26. The first kappa shape index (κ1) is 16.1. The van der Waals surface area contributed by atoms with Crippen molar-refractivity contribution in [2.24, 2.45) is 5.92 Å². The molecule has 0 radical (unpaired) electrons. The number of thiophene rings is 1. The molecule has 0 aliphatic carbocycles. The van der Waals surface area contributed by atoms with E-state index < -0.39 is 0 Å². The van der Waals surface area contributed by atoms with Gasteiger partial charge < -0.3 is 14.5 Å². The highest BCUT2D eigenvalue weighted by atomic mass is 32.1. The summed E-state index contributed by atoms with van der Waals surface area (Å²) in [7, 11) is 0. The molecule has 2 bridgehead atoms. The third-order valence-corrected chi connectivity index (χ3v) is 7.92. The summed E-state index contributed by atoms with van der Waals surface area (Å²) >= 11 is 1.89. The molecule has 0 saturated carbocycles. The Morgan fingerprint density at radius 3 is 2.59 bits per heavy atom. The van der Waals surface area contributed by atoms with Crippen LogP contribution < -0.4 is 4.90 Å². The molecular formula is C23H24N2OS. The molecule has 0 unspecified atom stereocenters. The number of hydrogen-bond donors (Lipinski definition) is 0. The zero-order chi connectivity index (χ0) is 17.8. The molecule has 4 aliphatic rings. The van der Waals surface area contributed by atoms with E-state index in [0.29, 0.717) is 0 Å². The summed E-state index contributed by atoms with van der Waals surface area (Å²) in [5, 5.41) is 3.95. The van der Waals surface area contributed by atoms with Gasteiger partial charge in [-0.1, -0.05) is 36.4 Å². The fourth-order valence-electron chi connectivity index (χ4n) is 5.23. The van der Waals surface area contributed by atoms with Crippen LogP contribution in [0.3, 0.4) is 0 Å². The molecule has 0 N–H and O–H groups in total. The average Bonchev–Trinajstić information content (AvgIpc) is 3.36. The highest BCUT2D eigenvalue weighted by molar-refractivity contribution is 7.19. The Hall–Kier alpha value is -1.88. The number of ether oxygens (including phenoxy) is 1. The number of rotatable bonds is 2. The third kappa shape index (κ3) is 2.62. The molecule has 2 aromatic carbocycles. The first-order valence-electron chi connectivity index (χ1n) is 9.99. The van der Waals surface area contributed by atoms with Crippen molar-refractivity contribution in [1.29, 1.82) is 0 Å². The molecule has 0 amide bonds. The van der Waals surface area contributed by atoms with Crippen molar-refractivity contribution in [2.45, 2.75) is 18.4 Å². The molecule has 27 heavy (non-hydrogen) atoms. The Morgan fingerprint density at radius 1 is 0.926 bits per heavy atom. The number of nitrogens with zero attached hydrogens (tertiary/aromatic N) is 2. The van der Waals surface area contributed by atoms with Crippen LogP contribution in [0.1, 0.15) is 12.8 Å². The summed E-state index contributed by atoms with van der Waals surface area (Å²) in [5.41, 5.74) is 1.38. The molecule has 138 valence electrons. The largest absolute Gasteiger partial charge is 0.351 e. The maximum atomic E-state index is 6.45. The van der Waals surface area contributed by atoms with Crippen molar-refractivity contribution < 1.29 is 4.74 Å². The average molecular weight is 377 g/mol. The SMILES string of the molecule is c1ccc2cc(-c3ccc(N4CO[C@]5(CN6CCC5CC6)C4)s3)ccc2c1. The highest BCUT2D eigenvalue weighted by Gasteiger charge is 2.51. The summed E-state index contributed by atoms with van der Waals surface area (Å²) in [6.07, 6.45) is 2.61. The Morgan fingerprint density at radius 2 is 1.78 bits per heavy atom. The van der Waals surface area contributed by atoms with Gasteiger partial charge in [-0.3, -0.25) is 0 Å². The smallest absolute Gasteiger partial charge is 0.120 e. The number of benzene rings is 2. The lowest BCUT2D eigenvalue weighted by molar-refractivity contribution is -0.116. The van der Waals surface area contributed by atoms with Gasteiger partial charge in [-0.15, -0.1) is 11.3 Å². The quantitative estimate of drug-likeness (QED) is 0.637. The predicted octanol–water partition coefficient (Wildman–Crippen LogP) is 4.83. The van der Waals surface area contributed by atoms with Crippen LogP contribution >= 0.6 is 11.3 Å². The van der Waals surface area contributed by atoms with E-state index in [9.17, 15) is 0 Å². The maximum absolute atomic E-state index is 6.45. The van der Waals surface area contributed by atoms with Gasteiger partial charge in [0.2, 0.25) is 0 Å². The lowest BCUT2D eigenvalue weighted by atomic mass is 9.75. The zero-order valence-corrected chi connectivity index (χ0v) is 16.3. The van der Waals surface area contributed by atoms with Crippen LogP contribution in [0.5, 0.6) is 0 Å². The molecule has 4 saturated heterocycles. The van der Waals surface area contributed by atoms with E-state index in [1.807, 2.05) is 11.3 Å². The van der Waals surface area contributed by atoms with Crippen LogP contribution in [0.25, 0.3) is 21.2 Å². The molecule has 3 aromatic rings. The van der Waals surface area contributed by atoms with Crippen molar-refractivity contribution in [3.8, 4) is 10.4 Å². The van der Waals surface area contributed by atoms with Gasteiger partial charge in [-0.2, -0.15) is 0 Å². The van der Waals surface area contributed by atoms with Crippen molar-refractivity contribution in [3.05, 3.63) is 54.6 Å². The van der Waals surface area contributed by atoms with Gasteiger partial charge in [0.1, 0.15) is 12.3 Å². The second-order valence-electron chi connectivity index (χ2n) is 8.29. The van der Waals surface area contributed by atoms with Gasteiger partial charge in [0.05, 0.1) is 11.5 Å². The molecule has 1 spiro atoms. The van der Waals surface area contributed by atoms with Gasteiger partial charge in [0.15, 0.2) is 0 Å². The van der Waals surface area contributed by atoms with E-state index in [1.165, 1.54) is 52.1 Å². The van der Waals surface area contributed by atoms with Gasteiger partial charge in [0.25, 0.3) is 0 Å². The van der Waals surface area contributed by atoms with E-state index >= 15 is 0 Å². The molecule has 1 atom stereocenters. The number of anilines is 1. The first-order valence-corrected chi connectivity index (χ1v) is 10.8. The summed E-state index contributed by atoms with van der Waals surface area (Å²) in [5.74, 6) is 0.743. The summed E-state index contributed by atoms with van der Waals surface area (Å²) in [6, 6.07) is 19.9.